The highest BCUT2D eigenvalue weighted by Gasteiger charge is 2.29. The number of nitrogens with one attached hydrogen (secondary N) is 3. The fraction of sp³-hybridized carbons (Fsp3) is 0.211. The van der Waals surface area contributed by atoms with Crippen molar-refractivity contribution in [2.75, 3.05) is 20.8 Å². The van der Waals surface area contributed by atoms with Gasteiger partial charge in [0.2, 0.25) is 5.91 Å². The van der Waals surface area contributed by atoms with E-state index in [1.54, 1.807) is 24.3 Å². The summed E-state index contributed by atoms with van der Waals surface area (Å²) < 4.78 is 36.7. The van der Waals surface area contributed by atoms with Crippen LogP contribution < -0.4 is 25.0 Å². The Labute approximate surface area is 173 Å². The van der Waals surface area contributed by atoms with Gasteiger partial charge in [-0.05, 0) is 30.3 Å². The van der Waals surface area contributed by atoms with Gasteiger partial charge in [-0.1, -0.05) is 12.1 Å². The Balaban J connectivity index is 1.54. The Hall–Kier alpha value is -3.60. The number of benzene rings is 2. The molecule has 0 atom stereocenters. The molecule has 10 nitrogen and oxygen atoms in total. The van der Waals surface area contributed by atoms with Crippen LogP contribution in [0.3, 0.4) is 0 Å². The third-order valence-corrected chi connectivity index (χ3v) is 5.63. The van der Waals surface area contributed by atoms with Crippen LogP contribution >= 0.6 is 0 Å². The van der Waals surface area contributed by atoms with Crippen LogP contribution in [0, 0.1) is 0 Å². The number of aliphatic imine (C=N–C) groups is 1. The molecule has 1 heterocycles. The van der Waals surface area contributed by atoms with Crippen LogP contribution in [0.4, 0.5) is 0 Å². The van der Waals surface area contributed by atoms with E-state index in [4.69, 9.17) is 9.47 Å². The molecule has 0 radical (unpaired) electrons. The minimum Gasteiger partial charge on any atom is -0.493 e. The highest BCUT2D eigenvalue weighted by Crippen LogP contribution is 2.27. The Morgan fingerprint density at radius 2 is 1.77 bits per heavy atom. The molecule has 11 heteroatoms. The van der Waals surface area contributed by atoms with Gasteiger partial charge in [-0.2, -0.15) is 0 Å². The van der Waals surface area contributed by atoms with Crippen molar-refractivity contribution in [2.45, 2.75) is 11.3 Å². The van der Waals surface area contributed by atoms with E-state index in [0.29, 0.717) is 17.1 Å². The van der Waals surface area contributed by atoms with Crippen molar-refractivity contribution in [3.05, 3.63) is 53.6 Å². The van der Waals surface area contributed by atoms with Gasteiger partial charge in [-0.25, -0.2) is 8.42 Å². The smallest absolute Gasteiger partial charge is 0.269 e. The van der Waals surface area contributed by atoms with Gasteiger partial charge < -0.3 is 9.47 Å². The van der Waals surface area contributed by atoms with E-state index in [2.05, 4.69) is 20.6 Å². The maximum Gasteiger partial charge on any atom is 0.269 e. The highest BCUT2D eigenvalue weighted by atomic mass is 32.2. The first kappa shape index (κ1) is 21.1. The van der Waals surface area contributed by atoms with Gasteiger partial charge in [0.25, 0.3) is 15.9 Å². The standard InChI is InChI=1S/C19H20N4O6S/c1-28-14-8-7-12(11-15(14)29-2)19(25)22-21-17(24)9-10-20-18-13-5-3-4-6-16(13)30(26,27)23-18/h3-8,11H,9-10H2,1-2H3,(H,20,23)(H,21,24)(H,22,25). The number of sulfonamides is 1. The predicted molar refractivity (Wildman–Crippen MR) is 108 cm³/mol. The summed E-state index contributed by atoms with van der Waals surface area (Å²) in [5.41, 5.74) is 5.32. The Morgan fingerprint density at radius 3 is 2.50 bits per heavy atom. The van der Waals surface area contributed by atoms with Crippen molar-refractivity contribution in [3.8, 4) is 11.5 Å². The molecule has 3 rings (SSSR count). The van der Waals surface area contributed by atoms with E-state index in [9.17, 15) is 18.0 Å². The van der Waals surface area contributed by atoms with Gasteiger partial charge in [0, 0.05) is 17.5 Å². The number of nitrogens with zero attached hydrogens (tertiary/aromatic N) is 1. The quantitative estimate of drug-likeness (QED) is 0.572. The molecular formula is C19H20N4O6S. The number of fused-ring (bicyclic) bond motifs is 1. The number of amides is 2. The third kappa shape index (κ3) is 4.51. The number of methoxy groups -OCH3 is 2. The minimum atomic E-state index is -3.63. The van der Waals surface area contributed by atoms with Gasteiger partial charge in [0.15, 0.2) is 11.5 Å². The first-order valence-electron chi connectivity index (χ1n) is 8.83. The zero-order valence-electron chi connectivity index (χ0n) is 16.3. The van der Waals surface area contributed by atoms with Crippen LogP contribution in [-0.4, -0.2) is 46.8 Å². The van der Waals surface area contributed by atoms with Gasteiger partial charge in [-0.15, -0.1) is 0 Å². The molecule has 0 saturated carbocycles. The van der Waals surface area contributed by atoms with Crippen LogP contribution in [-0.2, 0) is 14.8 Å². The van der Waals surface area contributed by atoms with Gasteiger partial charge in [0.05, 0.1) is 25.7 Å². The normalized spacial score (nSPS) is 15.1. The number of hydrazine groups is 1. The van der Waals surface area contributed by atoms with Crippen molar-refractivity contribution in [2.24, 2.45) is 4.99 Å². The Morgan fingerprint density at radius 1 is 1.03 bits per heavy atom. The van der Waals surface area contributed by atoms with E-state index < -0.39 is 21.8 Å². The van der Waals surface area contributed by atoms with Crippen LogP contribution in [0.1, 0.15) is 22.3 Å². The molecule has 0 aromatic heterocycles. The highest BCUT2D eigenvalue weighted by molar-refractivity contribution is 7.90. The van der Waals surface area contributed by atoms with E-state index in [-0.39, 0.29) is 29.3 Å². The summed E-state index contributed by atoms with van der Waals surface area (Å²) in [5, 5.41) is 0. The average molecular weight is 432 g/mol. The lowest BCUT2D eigenvalue weighted by Gasteiger charge is -2.10. The van der Waals surface area contributed by atoms with Crippen LogP contribution in [0.25, 0.3) is 0 Å². The molecule has 158 valence electrons. The molecule has 1 aliphatic heterocycles. The van der Waals surface area contributed by atoms with Gasteiger partial charge in [0.1, 0.15) is 5.84 Å². The summed E-state index contributed by atoms with van der Waals surface area (Å²) in [6.45, 7) is 0.0320. The predicted octanol–water partition coefficient (Wildman–Crippen LogP) is 0.594. The van der Waals surface area contributed by atoms with Crippen molar-refractivity contribution in [1.29, 1.82) is 0 Å². The van der Waals surface area contributed by atoms with Crippen molar-refractivity contribution in [3.63, 3.8) is 0 Å². The van der Waals surface area contributed by atoms with Crippen molar-refractivity contribution >= 4 is 27.7 Å². The molecule has 0 aliphatic carbocycles. The molecule has 30 heavy (non-hydrogen) atoms. The average Bonchev–Trinajstić information content (AvgIpc) is 3.01. The fourth-order valence-corrected chi connectivity index (χ4v) is 4.01. The van der Waals surface area contributed by atoms with E-state index >= 15 is 0 Å². The summed E-state index contributed by atoms with van der Waals surface area (Å²) in [6, 6.07) is 11.0. The minimum absolute atomic E-state index is 0.0320. The maximum absolute atomic E-state index is 12.2. The number of hydrogen-bond acceptors (Lipinski definition) is 7. The van der Waals surface area contributed by atoms with Crippen molar-refractivity contribution < 1.29 is 27.5 Å². The molecule has 0 saturated heterocycles. The zero-order valence-corrected chi connectivity index (χ0v) is 17.1. The molecule has 2 amide bonds. The molecular weight excluding hydrogens is 412 g/mol. The maximum atomic E-state index is 12.2. The third-order valence-electron chi connectivity index (χ3n) is 4.23. The zero-order chi connectivity index (χ0) is 21.7. The number of ether oxygens (including phenoxy) is 2. The second-order valence-electron chi connectivity index (χ2n) is 6.15. The molecule has 0 unspecified atom stereocenters. The second kappa shape index (κ2) is 8.82. The lowest BCUT2D eigenvalue weighted by molar-refractivity contribution is -0.121. The lowest BCUT2D eigenvalue weighted by Crippen LogP contribution is -2.41. The molecule has 2 aromatic carbocycles. The van der Waals surface area contributed by atoms with Crippen LogP contribution in [0.5, 0.6) is 11.5 Å². The lowest BCUT2D eigenvalue weighted by atomic mass is 10.2. The van der Waals surface area contributed by atoms with Crippen LogP contribution in [0.15, 0.2) is 52.4 Å². The summed E-state index contributed by atoms with van der Waals surface area (Å²) in [5.74, 6) is 0.0242. The molecule has 3 N–H and O–H groups in total. The number of rotatable bonds is 6. The van der Waals surface area contributed by atoms with Crippen molar-refractivity contribution in [1.82, 2.24) is 15.6 Å². The number of hydrogen-bond donors (Lipinski definition) is 3. The number of carbonyl (C=O) groups excluding carboxylic acids is 2. The summed E-state index contributed by atoms with van der Waals surface area (Å²) in [6.07, 6.45) is -0.0559. The largest absolute Gasteiger partial charge is 0.493 e. The molecule has 0 fully saturated rings. The summed E-state index contributed by atoms with van der Waals surface area (Å²) in [7, 11) is -0.693. The number of amidine groups is 1. The van der Waals surface area contributed by atoms with Crippen LogP contribution in [0.2, 0.25) is 0 Å². The number of carbonyl (C=O) groups is 2. The van der Waals surface area contributed by atoms with E-state index in [0.717, 1.165) is 0 Å². The fourth-order valence-electron chi connectivity index (χ4n) is 2.76. The first-order valence-corrected chi connectivity index (χ1v) is 10.3. The topological polar surface area (TPSA) is 135 Å². The van der Waals surface area contributed by atoms with E-state index in [1.807, 2.05) is 0 Å². The van der Waals surface area contributed by atoms with Gasteiger partial charge in [-0.3, -0.25) is 30.2 Å². The molecule has 0 spiro atoms. The Kier molecular flexibility index (Phi) is 6.21. The second-order valence-corrected chi connectivity index (χ2v) is 7.80. The molecule has 0 bridgehead atoms. The summed E-state index contributed by atoms with van der Waals surface area (Å²) in [4.78, 5) is 28.5. The van der Waals surface area contributed by atoms with Gasteiger partial charge >= 0.3 is 0 Å². The SMILES string of the molecule is COc1ccc(C(=O)NNC(=O)CCN=C2NS(=O)(=O)c3ccccc32)cc1OC. The van der Waals surface area contributed by atoms with E-state index in [1.165, 1.54) is 32.4 Å². The Bertz CT molecular complexity index is 1110. The monoisotopic (exact) mass is 432 g/mol. The molecule has 1 aliphatic rings. The first-order chi connectivity index (χ1) is 14.4. The molecule has 2 aromatic rings. The summed E-state index contributed by atoms with van der Waals surface area (Å²) >= 11 is 0.